The highest BCUT2D eigenvalue weighted by Gasteiger charge is 1.92. The van der Waals surface area contributed by atoms with E-state index in [2.05, 4.69) is 18.8 Å². The molecule has 0 saturated carbocycles. The van der Waals surface area contributed by atoms with Gasteiger partial charge in [-0.1, -0.05) is 43.4 Å². The van der Waals surface area contributed by atoms with Crippen molar-refractivity contribution in [3.05, 3.63) is 12.7 Å². The molecule has 0 amide bonds. The second-order valence-corrected chi connectivity index (χ2v) is 3.86. The van der Waals surface area contributed by atoms with E-state index in [0.29, 0.717) is 0 Å². The largest absolute Gasteiger partial charge is 0.371 e. The zero-order valence-electron chi connectivity index (χ0n) is 6.93. The lowest BCUT2D eigenvalue weighted by molar-refractivity contribution is 0.763. The van der Waals surface area contributed by atoms with Crippen LogP contribution in [0.15, 0.2) is 12.7 Å². The molecule has 1 nitrogen and oxygen atoms in total. The second-order valence-electron chi connectivity index (χ2n) is 2.17. The molecule has 0 bridgehead atoms. The van der Waals surface area contributed by atoms with Crippen LogP contribution in [-0.2, 0) is 0 Å². The molecule has 1 N–H and O–H groups in total. The zero-order chi connectivity index (χ0) is 8.53. The number of thioether (sulfide) groups is 1. The first-order valence-electron chi connectivity index (χ1n) is 3.82. The topological polar surface area (TPSA) is 12.0 Å². The normalized spacial score (nSPS) is 9.18. The quantitative estimate of drug-likeness (QED) is 0.405. The third-order valence-corrected chi connectivity index (χ3v) is 2.44. The lowest BCUT2D eigenvalue weighted by atomic mass is 10.3. The summed E-state index contributed by atoms with van der Waals surface area (Å²) >= 11 is 6.67. The number of nitrogens with one attached hydrogen (secondary N) is 1. The Bertz CT molecular complexity index is 123. The Balaban J connectivity index is 3.15. The molecule has 0 aromatic carbocycles. The number of hydrogen-bond donors (Lipinski definition) is 1. The summed E-state index contributed by atoms with van der Waals surface area (Å²) in [7, 11) is 0. The van der Waals surface area contributed by atoms with E-state index >= 15 is 0 Å². The molecule has 64 valence electrons. The molecule has 0 aliphatic carbocycles. The molecule has 0 aliphatic rings. The van der Waals surface area contributed by atoms with Crippen LogP contribution in [-0.4, -0.2) is 16.6 Å². The number of unbranched alkanes of at least 4 members (excludes halogenated alkanes) is 1. The fourth-order valence-electron chi connectivity index (χ4n) is 0.553. The van der Waals surface area contributed by atoms with E-state index in [0.717, 1.165) is 16.6 Å². The first-order chi connectivity index (χ1) is 5.31. The minimum atomic E-state index is 0.887. The molecule has 0 unspecified atom stereocenters. The van der Waals surface area contributed by atoms with Gasteiger partial charge < -0.3 is 5.32 Å². The fourth-order valence-corrected chi connectivity index (χ4v) is 1.33. The minimum absolute atomic E-state index is 0.887. The number of hydrogen-bond acceptors (Lipinski definition) is 2. The molecule has 0 radical (unpaired) electrons. The standard InChI is InChI=1S/C8H15NS2/c1-3-5-6-9-8(10)11-7-4-2/h4H,2-3,5-7H2,1H3,(H,9,10). The van der Waals surface area contributed by atoms with Crippen LogP contribution in [0.3, 0.4) is 0 Å². The first-order valence-corrected chi connectivity index (χ1v) is 5.22. The maximum Gasteiger partial charge on any atom is 0.134 e. The predicted octanol–water partition coefficient (Wildman–Crippen LogP) is 2.58. The average Bonchev–Trinajstić information content (AvgIpc) is 2.01. The van der Waals surface area contributed by atoms with Crippen molar-refractivity contribution in [3.8, 4) is 0 Å². The van der Waals surface area contributed by atoms with Gasteiger partial charge in [0.1, 0.15) is 4.32 Å². The molecule has 0 aliphatic heterocycles. The smallest absolute Gasteiger partial charge is 0.134 e. The van der Waals surface area contributed by atoms with Gasteiger partial charge in [0.05, 0.1) is 0 Å². The summed E-state index contributed by atoms with van der Waals surface area (Å²) in [6.07, 6.45) is 4.26. The maximum atomic E-state index is 5.04. The van der Waals surface area contributed by atoms with Gasteiger partial charge >= 0.3 is 0 Å². The van der Waals surface area contributed by atoms with Gasteiger partial charge in [0, 0.05) is 12.3 Å². The van der Waals surface area contributed by atoms with Crippen molar-refractivity contribution >= 4 is 28.3 Å². The Hall–Kier alpha value is -0.0200. The Morgan fingerprint density at radius 2 is 2.45 bits per heavy atom. The molecule has 3 heteroatoms. The highest BCUT2D eigenvalue weighted by molar-refractivity contribution is 8.23. The summed E-state index contributed by atoms with van der Waals surface area (Å²) in [5.41, 5.74) is 0. The summed E-state index contributed by atoms with van der Waals surface area (Å²) in [5, 5.41) is 3.16. The van der Waals surface area contributed by atoms with Gasteiger partial charge in [0.2, 0.25) is 0 Å². The maximum absolute atomic E-state index is 5.04. The van der Waals surface area contributed by atoms with Gasteiger partial charge in [0.25, 0.3) is 0 Å². The Morgan fingerprint density at radius 1 is 1.73 bits per heavy atom. The summed E-state index contributed by atoms with van der Waals surface area (Å²) < 4.78 is 0.887. The molecule has 0 aromatic heterocycles. The molecule has 0 atom stereocenters. The van der Waals surface area contributed by atoms with E-state index in [1.807, 2.05) is 6.08 Å². The summed E-state index contributed by atoms with van der Waals surface area (Å²) in [4.78, 5) is 0. The Morgan fingerprint density at radius 3 is 3.00 bits per heavy atom. The SMILES string of the molecule is C=CCSC(=S)NCCCC. The van der Waals surface area contributed by atoms with E-state index < -0.39 is 0 Å². The van der Waals surface area contributed by atoms with Crippen molar-refractivity contribution in [3.63, 3.8) is 0 Å². The minimum Gasteiger partial charge on any atom is -0.371 e. The Labute approximate surface area is 78.6 Å². The summed E-state index contributed by atoms with van der Waals surface area (Å²) in [6.45, 7) is 6.79. The average molecular weight is 189 g/mol. The van der Waals surface area contributed by atoms with Crippen molar-refractivity contribution in [1.82, 2.24) is 5.32 Å². The van der Waals surface area contributed by atoms with Gasteiger partial charge in [-0.15, -0.1) is 6.58 Å². The second kappa shape index (κ2) is 8.08. The fraction of sp³-hybridized carbons (Fsp3) is 0.625. The van der Waals surface area contributed by atoms with Gasteiger partial charge in [-0.3, -0.25) is 0 Å². The van der Waals surface area contributed by atoms with Gasteiger partial charge in [0.15, 0.2) is 0 Å². The molecule has 0 aromatic rings. The van der Waals surface area contributed by atoms with Gasteiger partial charge in [-0.25, -0.2) is 0 Å². The molecule has 0 heterocycles. The molecule has 0 rings (SSSR count). The van der Waals surface area contributed by atoms with Crippen LogP contribution >= 0.6 is 24.0 Å². The number of thiocarbonyl (C=S) groups is 1. The van der Waals surface area contributed by atoms with Crippen LogP contribution < -0.4 is 5.32 Å². The zero-order valence-corrected chi connectivity index (χ0v) is 8.56. The van der Waals surface area contributed by atoms with Crippen LogP contribution in [0.1, 0.15) is 19.8 Å². The van der Waals surface area contributed by atoms with Gasteiger partial charge in [-0.05, 0) is 6.42 Å². The predicted molar refractivity (Wildman–Crippen MR) is 58.2 cm³/mol. The van der Waals surface area contributed by atoms with Crippen molar-refractivity contribution in [2.24, 2.45) is 0 Å². The molecule has 11 heavy (non-hydrogen) atoms. The molecular formula is C8H15NS2. The van der Waals surface area contributed by atoms with E-state index in [-0.39, 0.29) is 0 Å². The lowest BCUT2D eigenvalue weighted by Crippen LogP contribution is -2.19. The van der Waals surface area contributed by atoms with Crippen molar-refractivity contribution in [2.45, 2.75) is 19.8 Å². The van der Waals surface area contributed by atoms with Crippen molar-refractivity contribution in [2.75, 3.05) is 12.3 Å². The van der Waals surface area contributed by atoms with E-state index in [1.54, 1.807) is 11.8 Å². The molecule has 0 fully saturated rings. The summed E-state index contributed by atoms with van der Waals surface area (Å²) in [6, 6.07) is 0. The van der Waals surface area contributed by atoms with Crippen LogP contribution in [0.5, 0.6) is 0 Å². The highest BCUT2D eigenvalue weighted by Crippen LogP contribution is 2.01. The highest BCUT2D eigenvalue weighted by atomic mass is 32.2. The van der Waals surface area contributed by atoms with E-state index in [1.165, 1.54) is 12.8 Å². The van der Waals surface area contributed by atoms with Gasteiger partial charge in [-0.2, -0.15) is 0 Å². The molecule has 0 spiro atoms. The van der Waals surface area contributed by atoms with Crippen LogP contribution in [0, 0.1) is 0 Å². The van der Waals surface area contributed by atoms with Crippen molar-refractivity contribution < 1.29 is 0 Å². The molecule has 0 saturated heterocycles. The van der Waals surface area contributed by atoms with E-state index in [4.69, 9.17) is 12.2 Å². The van der Waals surface area contributed by atoms with Crippen molar-refractivity contribution in [1.29, 1.82) is 0 Å². The first kappa shape index (κ1) is 11.0. The number of rotatable bonds is 5. The monoisotopic (exact) mass is 189 g/mol. The Kier molecular flexibility index (Phi) is 8.07. The van der Waals surface area contributed by atoms with Crippen LogP contribution in [0.2, 0.25) is 0 Å². The molecular weight excluding hydrogens is 174 g/mol. The lowest BCUT2D eigenvalue weighted by Gasteiger charge is -2.03. The van der Waals surface area contributed by atoms with Crippen LogP contribution in [0.4, 0.5) is 0 Å². The van der Waals surface area contributed by atoms with E-state index in [9.17, 15) is 0 Å². The third-order valence-electron chi connectivity index (χ3n) is 1.13. The van der Waals surface area contributed by atoms with Crippen LogP contribution in [0.25, 0.3) is 0 Å². The third kappa shape index (κ3) is 7.88. The summed E-state index contributed by atoms with van der Waals surface area (Å²) in [5.74, 6) is 0.901.